The van der Waals surface area contributed by atoms with E-state index in [0.717, 1.165) is 24.7 Å². The van der Waals surface area contributed by atoms with Gasteiger partial charge in [-0.2, -0.15) is 0 Å². The van der Waals surface area contributed by atoms with Crippen LogP contribution in [0.4, 0.5) is 0 Å². The molecule has 2 aliphatic rings. The lowest BCUT2D eigenvalue weighted by atomic mass is 9.91. The number of nitrogens with zero attached hydrogens (tertiary/aromatic N) is 1. The van der Waals surface area contributed by atoms with Crippen LogP contribution in [-0.2, 0) is 0 Å². The van der Waals surface area contributed by atoms with Gasteiger partial charge in [0.25, 0.3) is 0 Å². The van der Waals surface area contributed by atoms with Crippen LogP contribution in [0, 0.1) is 11.8 Å². The molecular weight excluding hydrogens is 248 g/mol. The lowest BCUT2D eigenvalue weighted by Crippen LogP contribution is -2.49. The standard InChI is InChI=1S/C17H34N2O/c1-4-17(13-20,18-16-6-7-16)9-5-10-19-11-8-15(12-19)14(2)3/h14-16,18,20H,4-13H2,1-3H3. The fourth-order valence-electron chi connectivity index (χ4n) is 3.50. The molecule has 0 aromatic heterocycles. The number of nitrogens with one attached hydrogen (secondary N) is 1. The summed E-state index contributed by atoms with van der Waals surface area (Å²) in [5.41, 5.74) is -0.0155. The zero-order chi connectivity index (χ0) is 14.6. The van der Waals surface area contributed by atoms with Gasteiger partial charge < -0.3 is 15.3 Å². The Kier molecular flexibility index (Phi) is 5.88. The summed E-state index contributed by atoms with van der Waals surface area (Å²) in [6, 6.07) is 0.680. The summed E-state index contributed by atoms with van der Waals surface area (Å²) >= 11 is 0. The monoisotopic (exact) mass is 282 g/mol. The number of likely N-dealkylation sites (tertiary alicyclic amines) is 1. The van der Waals surface area contributed by atoms with Crippen molar-refractivity contribution in [3.05, 3.63) is 0 Å². The first kappa shape index (κ1) is 16.3. The smallest absolute Gasteiger partial charge is 0.0613 e. The number of aliphatic hydroxyl groups excluding tert-OH is 1. The summed E-state index contributed by atoms with van der Waals surface area (Å²) in [7, 11) is 0. The maximum absolute atomic E-state index is 9.78. The van der Waals surface area contributed by atoms with E-state index in [4.69, 9.17) is 0 Å². The van der Waals surface area contributed by atoms with Crippen molar-refractivity contribution >= 4 is 0 Å². The third-order valence-electron chi connectivity index (χ3n) is 5.45. The molecule has 0 bridgehead atoms. The first-order valence-electron chi connectivity index (χ1n) is 8.69. The normalized spacial score (nSPS) is 27.1. The van der Waals surface area contributed by atoms with Crippen molar-refractivity contribution in [2.75, 3.05) is 26.2 Å². The van der Waals surface area contributed by atoms with Crippen LogP contribution in [0.2, 0.25) is 0 Å². The largest absolute Gasteiger partial charge is 0.394 e. The molecule has 1 heterocycles. The molecule has 3 heteroatoms. The van der Waals surface area contributed by atoms with Crippen LogP contribution in [0.3, 0.4) is 0 Å². The molecular formula is C17H34N2O. The van der Waals surface area contributed by atoms with Crippen LogP contribution in [0.1, 0.15) is 59.3 Å². The lowest BCUT2D eigenvalue weighted by molar-refractivity contribution is 0.137. The zero-order valence-corrected chi connectivity index (χ0v) is 13.7. The van der Waals surface area contributed by atoms with E-state index in [1.165, 1.54) is 45.3 Å². The molecule has 0 aromatic carbocycles. The second kappa shape index (κ2) is 7.24. The van der Waals surface area contributed by atoms with Gasteiger partial charge in [-0.3, -0.25) is 0 Å². The highest BCUT2D eigenvalue weighted by Gasteiger charge is 2.34. The Morgan fingerprint density at radius 2 is 2.05 bits per heavy atom. The topological polar surface area (TPSA) is 35.5 Å². The van der Waals surface area contributed by atoms with Gasteiger partial charge in [0.15, 0.2) is 0 Å². The summed E-state index contributed by atoms with van der Waals surface area (Å²) in [5, 5.41) is 13.5. The van der Waals surface area contributed by atoms with Crippen molar-refractivity contribution in [1.82, 2.24) is 10.2 Å². The molecule has 1 saturated carbocycles. The van der Waals surface area contributed by atoms with Crippen molar-refractivity contribution in [3.63, 3.8) is 0 Å². The Bertz CT molecular complexity index is 285. The third-order valence-corrected chi connectivity index (χ3v) is 5.45. The Morgan fingerprint density at radius 1 is 1.30 bits per heavy atom. The predicted molar refractivity (Wildman–Crippen MR) is 84.9 cm³/mol. The van der Waals surface area contributed by atoms with E-state index < -0.39 is 0 Å². The molecule has 0 amide bonds. The minimum absolute atomic E-state index is 0.0155. The fraction of sp³-hybridized carbons (Fsp3) is 1.00. The minimum atomic E-state index is -0.0155. The number of hydrogen-bond donors (Lipinski definition) is 2. The molecule has 118 valence electrons. The number of rotatable bonds is 9. The summed E-state index contributed by atoms with van der Waals surface area (Å²) in [4.78, 5) is 2.62. The molecule has 0 spiro atoms. The second-order valence-electron chi connectivity index (χ2n) is 7.41. The Labute approximate surface area is 125 Å². The van der Waals surface area contributed by atoms with E-state index in [1.54, 1.807) is 0 Å². The SMILES string of the molecule is CCC(CO)(CCCN1CCC(C(C)C)C1)NC1CC1. The second-order valence-corrected chi connectivity index (χ2v) is 7.41. The van der Waals surface area contributed by atoms with Crippen molar-refractivity contribution < 1.29 is 5.11 Å². The number of hydrogen-bond acceptors (Lipinski definition) is 3. The lowest BCUT2D eigenvalue weighted by Gasteiger charge is -2.33. The van der Waals surface area contributed by atoms with Crippen molar-refractivity contribution in [2.24, 2.45) is 11.8 Å². The first-order chi connectivity index (χ1) is 9.58. The molecule has 3 nitrogen and oxygen atoms in total. The molecule has 2 unspecified atom stereocenters. The van der Waals surface area contributed by atoms with Crippen LogP contribution >= 0.6 is 0 Å². The van der Waals surface area contributed by atoms with Gasteiger partial charge in [0, 0.05) is 18.1 Å². The molecule has 2 rings (SSSR count). The highest BCUT2D eigenvalue weighted by molar-refractivity contribution is 4.94. The highest BCUT2D eigenvalue weighted by Crippen LogP contribution is 2.28. The van der Waals surface area contributed by atoms with Crippen LogP contribution in [0.15, 0.2) is 0 Å². The number of aliphatic hydroxyl groups is 1. The maximum Gasteiger partial charge on any atom is 0.0613 e. The van der Waals surface area contributed by atoms with Gasteiger partial charge >= 0.3 is 0 Å². The van der Waals surface area contributed by atoms with Crippen molar-refractivity contribution in [3.8, 4) is 0 Å². The molecule has 0 radical (unpaired) electrons. The highest BCUT2D eigenvalue weighted by atomic mass is 16.3. The van der Waals surface area contributed by atoms with Crippen LogP contribution in [0.5, 0.6) is 0 Å². The van der Waals surface area contributed by atoms with Gasteiger partial charge in [0.05, 0.1) is 6.61 Å². The van der Waals surface area contributed by atoms with Crippen LogP contribution < -0.4 is 5.32 Å². The average Bonchev–Trinajstić information content (AvgIpc) is 3.12. The van der Waals surface area contributed by atoms with Gasteiger partial charge in [-0.05, 0) is 63.5 Å². The van der Waals surface area contributed by atoms with E-state index in [1.807, 2.05) is 0 Å². The van der Waals surface area contributed by atoms with Gasteiger partial charge in [0.2, 0.25) is 0 Å². The van der Waals surface area contributed by atoms with E-state index in [-0.39, 0.29) is 12.1 Å². The fourth-order valence-corrected chi connectivity index (χ4v) is 3.50. The van der Waals surface area contributed by atoms with Crippen molar-refractivity contribution in [2.45, 2.75) is 70.9 Å². The Balaban J connectivity index is 1.70. The van der Waals surface area contributed by atoms with Gasteiger partial charge in [-0.25, -0.2) is 0 Å². The molecule has 1 aliphatic carbocycles. The van der Waals surface area contributed by atoms with Gasteiger partial charge in [-0.15, -0.1) is 0 Å². The maximum atomic E-state index is 9.78. The quantitative estimate of drug-likeness (QED) is 0.682. The van der Waals surface area contributed by atoms with Crippen LogP contribution in [-0.4, -0.2) is 47.8 Å². The first-order valence-corrected chi connectivity index (χ1v) is 8.69. The summed E-state index contributed by atoms with van der Waals surface area (Å²) in [6.45, 7) is 11.0. The third kappa shape index (κ3) is 4.44. The average molecular weight is 282 g/mol. The van der Waals surface area contributed by atoms with E-state index in [9.17, 15) is 5.11 Å². The molecule has 2 atom stereocenters. The zero-order valence-electron chi connectivity index (χ0n) is 13.7. The molecule has 2 N–H and O–H groups in total. The summed E-state index contributed by atoms with van der Waals surface area (Å²) in [5.74, 6) is 1.72. The molecule has 1 aliphatic heterocycles. The van der Waals surface area contributed by atoms with Crippen LogP contribution in [0.25, 0.3) is 0 Å². The van der Waals surface area contributed by atoms with E-state index in [0.29, 0.717) is 6.04 Å². The molecule has 20 heavy (non-hydrogen) atoms. The summed E-state index contributed by atoms with van der Waals surface area (Å²) < 4.78 is 0. The molecule has 2 fully saturated rings. The molecule has 0 aromatic rings. The van der Waals surface area contributed by atoms with E-state index in [2.05, 4.69) is 31.0 Å². The van der Waals surface area contributed by atoms with Gasteiger partial charge in [-0.1, -0.05) is 20.8 Å². The predicted octanol–water partition coefficient (Wildman–Crippen LogP) is 2.64. The minimum Gasteiger partial charge on any atom is -0.394 e. The summed E-state index contributed by atoms with van der Waals surface area (Å²) in [6.07, 6.45) is 7.32. The van der Waals surface area contributed by atoms with E-state index >= 15 is 0 Å². The molecule has 1 saturated heterocycles. The Hall–Kier alpha value is -0.120. The Morgan fingerprint density at radius 3 is 2.55 bits per heavy atom. The van der Waals surface area contributed by atoms with Gasteiger partial charge in [0.1, 0.15) is 0 Å². The van der Waals surface area contributed by atoms with Crippen molar-refractivity contribution in [1.29, 1.82) is 0 Å².